The van der Waals surface area contributed by atoms with Crippen LogP contribution in [0, 0.1) is 6.92 Å². The monoisotopic (exact) mass is 431 g/mol. The average Bonchev–Trinajstić information content (AvgIpc) is 3.29. The number of hydrogen-bond donors (Lipinski definition) is 3. The van der Waals surface area contributed by atoms with Crippen LogP contribution in [0.5, 0.6) is 0 Å². The summed E-state index contributed by atoms with van der Waals surface area (Å²) in [5, 5.41) is 5.49. The summed E-state index contributed by atoms with van der Waals surface area (Å²) >= 11 is 6.00. The topological polar surface area (TPSA) is 92.5 Å². The van der Waals surface area contributed by atoms with Crippen molar-refractivity contribution >= 4 is 33.4 Å². The molecule has 5 aromatic rings. The number of aromatic nitrogens is 4. The average molecular weight is 432 g/mol. The van der Waals surface area contributed by atoms with Gasteiger partial charge in [-0.15, -0.1) is 0 Å². The Bertz CT molecular complexity index is 1500. The van der Waals surface area contributed by atoms with Gasteiger partial charge >= 0.3 is 0 Å². The van der Waals surface area contributed by atoms with Crippen molar-refractivity contribution in [3.63, 3.8) is 0 Å². The lowest BCUT2D eigenvalue weighted by Gasteiger charge is -2.15. The third-order valence-corrected chi connectivity index (χ3v) is 5.87. The minimum atomic E-state index is -0.461. The minimum absolute atomic E-state index is 0.152. The smallest absolute Gasteiger partial charge is 0.280 e. The van der Waals surface area contributed by atoms with E-state index >= 15 is 0 Å². The molecule has 0 aliphatic carbocycles. The predicted molar refractivity (Wildman–Crippen MR) is 126 cm³/mol. The number of pyridine rings is 1. The van der Waals surface area contributed by atoms with Gasteiger partial charge in [0.15, 0.2) is 0 Å². The number of hydrogen-bond acceptors (Lipinski definition) is 3. The van der Waals surface area contributed by atoms with Crippen molar-refractivity contribution in [2.75, 3.05) is 0 Å². The molecule has 3 aromatic heterocycles. The van der Waals surface area contributed by atoms with Crippen LogP contribution in [0.2, 0.25) is 5.02 Å². The first-order valence-corrected chi connectivity index (χ1v) is 10.4. The highest BCUT2D eigenvalue weighted by Crippen LogP contribution is 2.32. The summed E-state index contributed by atoms with van der Waals surface area (Å²) in [6.07, 6.45) is 1.63. The maximum Gasteiger partial charge on any atom is 0.280 e. The fourth-order valence-corrected chi connectivity index (χ4v) is 4.05. The molecular weight excluding hydrogens is 410 g/mol. The van der Waals surface area contributed by atoms with Gasteiger partial charge in [-0.2, -0.15) is 0 Å². The van der Waals surface area contributed by atoms with Gasteiger partial charge in [-0.1, -0.05) is 17.7 Å². The maximum absolute atomic E-state index is 13.1. The first-order chi connectivity index (χ1) is 14.7. The molecule has 0 atom stereocenters. The van der Waals surface area contributed by atoms with Crippen molar-refractivity contribution in [1.82, 2.24) is 19.7 Å². The molecule has 0 saturated carbocycles. The molecule has 0 saturated heterocycles. The molecule has 0 aliphatic heterocycles. The zero-order chi connectivity index (χ0) is 21.9. The molecule has 0 aliphatic rings. The molecule has 6 nitrogen and oxygen atoms in total. The number of halogens is 1. The Hall–Kier alpha value is -3.35. The number of nitrogens with zero attached hydrogens (tertiary/aromatic N) is 2. The van der Waals surface area contributed by atoms with Gasteiger partial charge in [-0.05, 0) is 68.8 Å². The number of nitrogens with one attached hydrogen (secondary N) is 2. The summed E-state index contributed by atoms with van der Waals surface area (Å²) in [5.41, 5.74) is 11.8. The third-order valence-electron chi connectivity index (χ3n) is 5.61. The van der Waals surface area contributed by atoms with E-state index in [1.54, 1.807) is 30.5 Å². The van der Waals surface area contributed by atoms with Gasteiger partial charge in [0.2, 0.25) is 0 Å². The lowest BCUT2D eigenvalue weighted by molar-refractivity contribution is 0.540. The summed E-state index contributed by atoms with van der Waals surface area (Å²) < 4.78 is 1.52. The Balaban J connectivity index is 1.73. The van der Waals surface area contributed by atoms with E-state index < -0.39 is 5.54 Å². The van der Waals surface area contributed by atoms with E-state index in [4.69, 9.17) is 17.3 Å². The quantitative estimate of drug-likeness (QED) is 0.374. The molecule has 3 heterocycles. The van der Waals surface area contributed by atoms with Crippen LogP contribution >= 0.6 is 11.6 Å². The van der Waals surface area contributed by atoms with E-state index in [9.17, 15) is 4.79 Å². The minimum Gasteiger partial charge on any atom is -0.357 e. The van der Waals surface area contributed by atoms with Crippen LogP contribution < -0.4 is 11.3 Å². The maximum atomic E-state index is 13.1. The molecule has 0 amide bonds. The number of aromatic amines is 2. The van der Waals surface area contributed by atoms with E-state index in [1.165, 1.54) is 4.68 Å². The molecular formula is C24H22ClN5O. The van der Waals surface area contributed by atoms with Gasteiger partial charge in [0.1, 0.15) is 0 Å². The normalized spacial score (nSPS) is 12.2. The van der Waals surface area contributed by atoms with E-state index in [-0.39, 0.29) is 5.56 Å². The van der Waals surface area contributed by atoms with E-state index in [2.05, 4.69) is 27.2 Å². The van der Waals surface area contributed by atoms with E-state index in [0.29, 0.717) is 16.1 Å². The molecule has 156 valence electrons. The summed E-state index contributed by atoms with van der Waals surface area (Å²) in [6, 6.07) is 15.4. The van der Waals surface area contributed by atoms with Gasteiger partial charge < -0.3 is 10.7 Å². The van der Waals surface area contributed by atoms with E-state index in [1.807, 2.05) is 32.9 Å². The highest BCUT2D eigenvalue weighted by molar-refractivity contribution is 6.30. The fraction of sp³-hybridized carbons (Fsp3) is 0.167. The molecule has 2 aromatic carbocycles. The number of rotatable bonds is 3. The van der Waals surface area contributed by atoms with Crippen molar-refractivity contribution in [3.05, 3.63) is 81.5 Å². The first-order valence-electron chi connectivity index (χ1n) is 10.0. The van der Waals surface area contributed by atoms with Crippen LogP contribution in [-0.4, -0.2) is 19.7 Å². The molecule has 4 N–H and O–H groups in total. The van der Waals surface area contributed by atoms with Crippen LogP contribution in [0.4, 0.5) is 0 Å². The summed E-state index contributed by atoms with van der Waals surface area (Å²) in [6.45, 7) is 5.89. The van der Waals surface area contributed by atoms with Gasteiger partial charge in [0.25, 0.3) is 5.56 Å². The van der Waals surface area contributed by atoms with Crippen LogP contribution in [-0.2, 0) is 5.54 Å². The lowest BCUT2D eigenvalue weighted by Crippen LogP contribution is -2.28. The van der Waals surface area contributed by atoms with Crippen molar-refractivity contribution in [3.8, 4) is 16.8 Å². The number of benzene rings is 2. The molecule has 0 bridgehead atoms. The Morgan fingerprint density at radius 3 is 2.55 bits per heavy atom. The standard InChI is InChI=1S/C24H22ClN5O/c1-13-21(14-4-9-19-15(10-14)11-20(28-19)24(2,3)26)22-18(12-27-13)23(31)30(29-22)17-7-5-16(25)6-8-17/h4-12,28-29H,26H2,1-3H3. The largest absolute Gasteiger partial charge is 0.357 e. The number of nitrogens with two attached hydrogens (primary N) is 1. The van der Waals surface area contributed by atoms with Crippen LogP contribution in [0.25, 0.3) is 38.6 Å². The van der Waals surface area contributed by atoms with Crippen molar-refractivity contribution in [2.45, 2.75) is 26.3 Å². The SMILES string of the molecule is Cc1ncc2c(=O)n(-c3ccc(Cl)cc3)[nH]c2c1-c1ccc2[nH]c(C(C)(C)N)cc2c1. The van der Waals surface area contributed by atoms with Gasteiger partial charge in [-0.3, -0.25) is 14.9 Å². The lowest BCUT2D eigenvalue weighted by atomic mass is 10.00. The number of H-pyrrole nitrogens is 2. The zero-order valence-corrected chi connectivity index (χ0v) is 18.2. The summed E-state index contributed by atoms with van der Waals surface area (Å²) in [4.78, 5) is 21.0. The van der Waals surface area contributed by atoms with Crippen LogP contribution in [0.3, 0.4) is 0 Å². The summed E-state index contributed by atoms with van der Waals surface area (Å²) in [7, 11) is 0. The zero-order valence-electron chi connectivity index (χ0n) is 17.5. The number of aryl methyl sites for hydroxylation is 1. The second-order valence-corrected chi connectivity index (χ2v) is 8.88. The molecule has 31 heavy (non-hydrogen) atoms. The van der Waals surface area contributed by atoms with Crippen molar-refractivity contribution < 1.29 is 0 Å². The van der Waals surface area contributed by atoms with Gasteiger partial charge in [0, 0.05) is 39.1 Å². The van der Waals surface area contributed by atoms with Gasteiger partial charge in [-0.25, -0.2) is 4.68 Å². The Morgan fingerprint density at radius 2 is 1.84 bits per heavy atom. The Labute approximate surface area is 183 Å². The fourth-order valence-electron chi connectivity index (χ4n) is 3.93. The van der Waals surface area contributed by atoms with Crippen molar-refractivity contribution in [1.29, 1.82) is 0 Å². The Morgan fingerprint density at radius 1 is 1.10 bits per heavy atom. The molecule has 0 unspecified atom stereocenters. The Kier molecular flexibility index (Phi) is 4.32. The second kappa shape index (κ2) is 6.83. The van der Waals surface area contributed by atoms with Gasteiger partial charge in [0.05, 0.1) is 22.1 Å². The van der Waals surface area contributed by atoms with E-state index in [0.717, 1.165) is 38.9 Å². The first kappa shape index (κ1) is 19.6. The highest BCUT2D eigenvalue weighted by Gasteiger charge is 2.19. The molecule has 0 radical (unpaired) electrons. The molecule has 5 rings (SSSR count). The van der Waals surface area contributed by atoms with Crippen molar-refractivity contribution in [2.24, 2.45) is 5.73 Å². The van der Waals surface area contributed by atoms with Crippen LogP contribution in [0.15, 0.2) is 59.5 Å². The summed E-state index contributed by atoms with van der Waals surface area (Å²) in [5.74, 6) is 0. The predicted octanol–water partition coefficient (Wildman–Crippen LogP) is 5.02. The molecule has 0 spiro atoms. The van der Waals surface area contributed by atoms with Crippen LogP contribution in [0.1, 0.15) is 25.2 Å². The molecule has 0 fully saturated rings. The highest BCUT2D eigenvalue weighted by atomic mass is 35.5. The number of fused-ring (bicyclic) bond motifs is 2. The second-order valence-electron chi connectivity index (χ2n) is 8.44. The third kappa shape index (κ3) is 3.24. The molecule has 7 heteroatoms.